The van der Waals surface area contributed by atoms with E-state index in [4.69, 9.17) is 0 Å². The molecule has 0 radical (unpaired) electrons. The first-order valence-corrected chi connectivity index (χ1v) is 10.7. The van der Waals surface area contributed by atoms with Crippen molar-refractivity contribution in [2.75, 3.05) is 5.33 Å². The van der Waals surface area contributed by atoms with E-state index >= 15 is 0 Å². The summed E-state index contributed by atoms with van der Waals surface area (Å²) < 4.78 is 3.12. The second kappa shape index (κ2) is 8.87. The van der Waals surface area contributed by atoms with Gasteiger partial charge >= 0.3 is 5.69 Å². The van der Waals surface area contributed by atoms with E-state index in [0.717, 1.165) is 29.2 Å². The largest absolute Gasteiger partial charge is 0.329 e. The van der Waals surface area contributed by atoms with Crippen LogP contribution >= 0.6 is 15.9 Å². The number of rotatable bonds is 8. The Morgan fingerprint density at radius 3 is 2.56 bits per heavy atom. The van der Waals surface area contributed by atoms with Gasteiger partial charge in [0.2, 0.25) is 11.8 Å². The minimum atomic E-state index is -0.626. The number of carbonyl (C=O) groups excluding carboxylic acids is 2. The Balaban J connectivity index is 1.78. The van der Waals surface area contributed by atoms with E-state index in [0.29, 0.717) is 6.42 Å². The van der Waals surface area contributed by atoms with Crippen molar-refractivity contribution in [1.29, 1.82) is 0 Å². The lowest BCUT2D eigenvalue weighted by Crippen LogP contribution is -2.44. The molecule has 146 valence electrons. The van der Waals surface area contributed by atoms with E-state index in [-0.39, 0.29) is 18.0 Å². The third-order valence-electron chi connectivity index (χ3n) is 5.27. The molecular weight excluding hydrogens is 410 g/mol. The van der Waals surface area contributed by atoms with Gasteiger partial charge in [0.05, 0.1) is 11.0 Å². The Kier molecular flexibility index (Phi) is 6.52. The molecule has 1 unspecified atom stereocenters. The van der Waals surface area contributed by atoms with Crippen LogP contribution in [-0.4, -0.2) is 26.3 Å². The number of aromatic nitrogens is 2. The molecule has 6 nitrogen and oxygen atoms in total. The van der Waals surface area contributed by atoms with Crippen molar-refractivity contribution in [2.24, 2.45) is 7.05 Å². The van der Waals surface area contributed by atoms with Gasteiger partial charge in [0, 0.05) is 18.8 Å². The van der Waals surface area contributed by atoms with Crippen LogP contribution < -0.4 is 11.0 Å². The molecule has 0 bridgehead atoms. The average Bonchev–Trinajstić information content (AvgIpc) is 2.89. The monoisotopic (exact) mass is 435 g/mol. The highest BCUT2D eigenvalue weighted by atomic mass is 79.9. The first-order chi connectivity index (χ1) is 13.0. The normalized spacial score (nSPS) is 17.5. The third-order valence-corrected chi connectivity index (χ3v) is 5.84. The Morgan fingerprint density at radius 1 is 1.07 bits per heavy atom. The maximum absolute atomic E-state index is 12.7. The SMILES string of the molecule is Cn1c(=O)n(C2CCC(=O)NC2=O)c2ccc(CCCCCCCBr)cc21. The summed E-state index contributed by atoms with van der Waals surface area (Å²) in [5.74, 6) is -0.670. The standard InChI is InChI=1S/C20H26BrN3O3/c1-23-17-13-14(7-5-3-2-4-6-12-21)8-9-15(17)24(20(23)27)16-10-11-18(25)22-19(16)26/h8-9,13,16H,2-7,10-12H2,1H3,(H,22,25,26). The second-order valence-corrected chi connectivity index (χ2v) is 8.00. The Bertz CT molecular complexity index is 900. The predicted molar refractivity (Wildman–Crippen MR) is 109 cm³/mol. The maximum Gasteiger partial charge on any atom is 0.329 e. The predicted octanol–water partition coefficient (Wildman–Crippen LogP) is 3.21. The fourth-order valence-electron chi connectivity index (χ4n) is 3.75. The van der Waals surface area contributed by atoms with Crippen molar-refractivity contribution in [3.05, 3.63) is 34.2 Å². The number of carbonyl (C=O) groups is 2. The molecule has 1 aliphatic heterocycles. The summed E-state index contributed by atoms with van der Waals surface area (Å²) >= 11 is 3.46. The van der Waals surface area contributed by atoms with Gasteiger partial charge in [-0.15, -0.1) is 0 Å². The number of hydrogen-bond donors (Lipinski definition) is 1. The zero-order valence-corrected chi connectivity index (χ0v) is 17.3. The molecule has 1 fully saturated rings. The van der Waals surface area contributed by atoms with Gasteiger partial charge in [0.1, 0.15) is 6.04 Å². The van der Waals surface area contributed by atoms with E-state index in [1.165, 1.54) is 35.8 Å². The van der Waals surface area contributed by atoms with E-state index in [1.54, 1.807) is 11.6 Å². The molecule has 2 aromatic rings. The smallest absolute Gasteiger partial charge is 0.295 e. The Hall–Kier alpha value is -1.89. The molecule has 0 saturated carbocycles. The Morgan fingerprint density at radius 2 is 1.81 bits per heavy atom. The van der Waals surface area contributed by atoms with Crippen molar-refractivity contribution in [3.63, 3.8) is 0 Å². The number of halogens is 1. The quantitative estimate of drug-likeness (QED) is 0.393. The van der Waals surface area contributed by atoms with E-state index < -0.39 is 11.9 Å². The van der Waals surface area contributed by atoms with Gasteiger partial charge < -0.3 is 0 Å². The van der Waals surface area contributed by atoms with E-state index in [1.807, 2.05) is 12.1 Å². The number of piperidine rings is 1. The minimum absolute atomic E-state index is 0.216. The lowest BCUT2D eigenvalue weighted by atomic mass is 10.0. The highest BCUT2D eigenvalue weighted by Crippen LogP contribution is 2.24. The summed E-state index contributed by atoms with van der Waals surface area (Å²) in [5.41, 5.74) is 2.57. The molecule has 1 aromatic carbocycles. The molecule has 2 heterocycles. The highest BCUT2D eigenvalue weighted by molar-refractivity contribution is 9.09. The van der Waals surface area contributed by atoms with Crippen LogP contribution in [0.3, 0.4) is 0 Å². The van der Waals surface area contributed by atoms with Gasteiger partial charge in [0.15, 0.2) is 0 Å². The van der Waals surface area contributed by atoms with Gasteiger partial charge in [-0.25, -0.2) is 4.79 Å². The van der Waals surface area contributed by atoms with Gasteiger partial charge in [0.25, 0.3) is 0 Å². The van der Waals surface area contributed by atoms with Crippen LogP contribution in [0.25, 0.3) is 11.0 Å². The zero-order valence-electron chi connectivity index (χ0n) is 15.7. The number of fused-ring (bicyclic) bond motifs is 1. The number of imide groups is 1. The molecule has 2 amide bonds. The van der Waals surface area contributed by atoms with Crippen LogP contribution in [0, 0.1) is 0 Å². The van der Waals surface area contributed by atoms with Crippen LogP contribution in [-0.2, 0) is 23.1 Å². The fourth-order valence-corrected chi connectivity index (χ4v) is 4.14. The van der Waals surface area contributed by atoms with Crippen molar-refractivity contribution >= 4 is 38.8 Å². The lowest BCUT2D eigenvalue weighted by molar-refractivity contribution is -0.135. The van der Waals surface area contributed by atoms with Crippen LogP contribution in [0.5, 0.6) is 0 Å². The second-order valence-electron chi connectivity index (χ2n) is 7.21. The van der Waals surface area contributed by atoms with Crippen LogP contribution in [0.15, 0.2) is 23.0 Å². The summed E-state index contributed by atoms with van der Waals surface area (Å²) in [6, 6.07) is 5.40. The number of amides is 2. The van der Waals surface area contributed by atoms with Crippen LogP contribution in [0.2, 0.25) is 0 Å². The summed E-state index contributed by atoms with van der Waals surface area (Å²) in [5, 5.41) is 3.41. The molecule has 1 aliphatic rings. The minimum Gasteiger partial charge on any atom is -0.295 e. The molecule has 27 heavy (non-hydrogen) atoms. The molecule has 7 heteroatoms. The molecular formula is C20H26BrN3O3. The van der Waals surface area contributed by atoms with Gasteiger partial charge in [-0.05, 0) is 43.4 Å². The number of alkyl halides is 1. The van der Waals surface area contributed by atoms with Crippen LogP contribution in [0.4, 0.5) is 0 Å². The van der Waals surface area contributed by atoms with E-state index in [2.05, 4.69) is 27.3 Å². The molecule has 3 rings (SSSR count). The molecule has 0 aliphatic carbocycles. The van der Waals surface area contributed by atoms with Crippen molar-refractivity contribution in [1.82, 2.24) is 14.5 Å². The van der Waals surface area contributed by atoms with Crippen molar-refractivity contribution in [3.8, 4) is 0 Å². The van der Waals surface area contributed by atoms with Crippen molar-refractivity contribution in [2.45, 2.75) is 57.4 Å². The maximum atomic E-state index is 12.7. The average molecular weight is 436 g/mol. The highest BCUT2D eigenvalue weighted by Gasteiger charge is 2.31. The van der Waals surface area contributed by atoms with Crippen LogP contribution in [0.1, 0.15) is 56.6 Å². The fraction of sp³-hybridized carbons (Fsp3) is 0.550. The van der Waals surface area contributed by atoms with Crippen molar-refractivity contribution < 1.29 is 9.59 Å². The van der Waals surface area contributed by atoms with E-state index in [9.17, 15) is 14.4 Å². The number of imidazole rings is 1. The first kappa shape index (κ1) is 19.9. The zero-order chi connectivity index (χ0) is 19.4. The number of unbranched alkanes of at least 4 members (excludes halogenated alkanes) is 4. The molecule has 1 N–H and O–H groups in total. The van der Waals surface area contributed by atoms with Gasteiger partial charge in [-0.2, -0.15) is 0 Å². The molecule has 1 atom stereocenters. The summed E-state index contributed by atoms with van der Waals surface area (Å²) in [4.78, 5) is 36.4. The topological polar surface area (TPSA) is 73.1 Å². The number of aryl methyl sites for hydroxylation is 2. The summed E-state index contributed by atoms with van der Waals surface area (Å²) in [6.07, 6.45) is 7.68. The first-order valence-electron chi connectivity index (χ1n) is 9.62. The molecule has 1 saturated heterocycles. The Labute approximate surface area is 167 Å². The third kappa shape index (κ3) is 4.34. The number of nitrogens with zero attached hydrogens (tertiary/aromatic N) is 2. The molecule has 1 aromatic heterocycles. The number of nitrogens with one attached hydrogen (secondary N) is 1. The summed E-state index contributed by atoms with van der Waals surface area (Å²) in [7, 11) is 1.73. The molecule has 0 spiro atoms. The lowest BCUT2D eigenvalue weighted by Gasteiger charge is -2.21. The summed E-state index contributed by atoms with van der Waals surface area (Å²) in [6.45, 7) is 0. The van der Waals surface area contributed by atoms with Gasteiger partial charge in [-0.3, -0.25) is 24.0 Å². The van der Waals surface area contributed by atoms with Gasteiger partial charge in [-0.1, -0.05) is 41.3 Å². The number of benzene rings is 1. The number of hydrogen-bond acceptors (Lipinski definition) is 3.